The number of amides is 1. The van der Waals surface area contributed by atoms with E-state index in [4.69, 9.17) is 0 Å². The van der Waals surface area contributed by atoms with Crippen molar-refractivity contribution in [3.8, 4) is 0 Å². The van der Waals surface area contributed by atoms with Crippen LogP contribution in [0.2, 0.25) is 0 Å². The molecule has 26 heavy (non-hydrogen) atoms. The highest BCUT2D eigenvalue weighted by Crippen LogP contribution is 2.43. The molecule has 1 amide bonds. The third kappa shape index (κ3) is 4.45. The van der Waals surface area contributed by atoms with Gasteiger partial charge in [0.1, 0.15) is 0 Å². The molecule has 138 valence electrons. The Morgan fingerprint density at radius 2 is 1.88 bits per heavy atom. The van der Waals surface area contributed by atoms with Crippen molar-refractivity contribution in [3.05, 3.63) is 64.1 Å². The Hall–Kier alpha value is -1.86. The lowest BCUT2D eigenvalue weighted by Gasteiger charge is -2.42. The van der Waals surface area contributed by atoms with Crippen molar-refractivity contribution < 1.29 is 13.2 Å². The lowest BCUT2D eigenvalue weighted by atomic mass is 9.64. The minimum absolute atomic E-state index is 0.0257. The number of nitrogens with one attached hydrogen (secondary N) is 2. The van der Waals surface area contributed by atoms with Crippen LogP contribution in [-0.2, 0) is 15.4 Å². The molecule has 1 aliphatic carbocycles. The minimum atomic E-state index is -3.38. The summed E-state index contributed by atoms with van der Waals surface area (Å²) in [5, 5.41) is 3.02. The van der Waals surface area contributed by atoms with Crippen molar-refractivity contribution in [1.29, 1.82) is 0 Å². The molecule has 0 radical (unpaired) electrons. The molecule has 1 aliphatic rings. The number of benzene rings is 2. The molecule has 2 aromatic carbocycles. The van der Waals surface area contributed by atoms with E-state index in [9.17, 15) is 13.2 Å². The molecular formula is C19H21BrN2O3S. The number of carbonyl (C=O) groups is 1. The van der Waals surface area contributed by atoms with Crippen LogP contribution in [0.15, 0.2) is 53.0 Å². The average molecular weight is 437 g/mol. The number of hydrogen-bond donors (Lipinski definition) is 2. The molecule has 1 fully saturated rings. The summed E-state index contributed by atoms with van der Waals surface area (Å²) in [5.74, 6) is -0.205. The summed E-state index contributed by atoms with van der Waals surface area (Å²) in [5.41, 5.74) is 2.01. The molecule has 5 nitrogen and oxygen atoms in total. The topological polar surface area (TPSA) is 75.3 Å². The number of sulfonamides is 1. The number of anilines is 1. The Morgan fingerprint density at radius 1 is 1.15 bits per heavy atom. The zero-order chi connectivity index (χ0) is 18.8. The van der Waals surface area contributed by atoms with Crippen LogP contribution < -0.4 is 10.0 Å². The van der Waals surface area contributed by atoms with Gasteiger partial charge in [-0.25, -0.2) is 8.42 Å². The number of carbonyl (C=O) groups excluding carboxylic acids is 1. The number of halogens is 1. The van der Waals surface area contributed by atoms with E-state index in [0.717, 1.165) is 30.0 Å². The lowest BCUT2D eigenvalue weighted by Crippen LogP contribution is -2.45. The van der Waals surface area contributed by atoms with Crippen LogP contribution in [-0.4, -0.2) is 27.1 Å². The summed E-state index contributed by atoms with van der Waals surface area (Å²) in [4.78, 5) is 12.5. The van der Waals surface area contributed by atoms with Gasteiger partial charge in [-0.15, -0.1) is 0 Å². The molecule has 0 heterocycles. The van der Waals surface area contributed by atoms with Crippen molar-refractivity contribution in [1.82, 2.24) is 5.32 Å². The van der Waals surface area contributed by atoms with E-state index in [1.54, 1.807) is 24.3 Å². The normalized spacial score (nSPS) is 15.8. The first-order valence-corrected chi connectivity index (χ1v) is 11.1. The molecule has 0 bridgehead atoms. The number of rotatable bonds is 6. The zero-order valence-corrected chi connectivity index (χ0v) is 16.9. The van der Waals surface area contributed by atoms with E-state index in [2.05, 4.69) is 38.1 Å². The molecule has 1 saturated carbocycles. The molecule has 0 atom stereocenters. The van der Waals surface area contributed by atoms with E-state index in [0.29, 0.717) is 17.8 Å². The van der Waals surface area contributed by atoms with Gasteiger partial charge in [-0.05, 0) is 48.7 Å². The first kappa shape index (κ1) is 18.9. The monoisotopic (exact) mass is 436 g/mol. The van der Waals surface area contributed by atoms with Gasteiger partial charge in [0.2, 0.25) is 10.0 Å². The van der Waals surface area contributed by atoms with Crippen molar-refractivity contribution in [2.45, 2.75) is 24.7 Å². The molecule has 3 rings (SSSR count). The Morgan fingerprint density at radius 3 is 2.50 bits per heavy atom. The van der Waals surface area contributed by atoms with Crippen molar-refractivity contribution in [2.75, 3.05) is 17.5 Å². The summed E-state index contributed by atoms with van der Waals surface area (Å²) < 4.78 is 26.1. The molecule has 0 aromatic heterocycles. The van der Waals surface area contributed by atoms with E-state index < -0.39 is 10.0 Å². The van der Waals surface area contributed by atoms with Crippen LogP contribution in [0.3, 0.4) is 0 Å². The molecule has 0 unspecified atom stereocenters. The summed E-state index contributed by atoms with van der Waals surface area (Å²) in [7, 11) is -3.38. The third-order valence-electron chi connectivity index (χ3n) is 4.76. The first-order valence-electron chi connectivity index (χ1n) is 8.40. The Kier molecular flexibility index (Phi) is 5.39. The van der Waals surface area contributed by atoms with Gasteiger partial charge >= 0.3 is 0 Å². The highest BCUT2D eigenvalue weighted by atomic mass is 79.9. The van der Waals surface area contributed by atoms with Crippen LogP contribution in [0.1, 0.15) is 35.2 Å². The molecule has 7 heteroatoms. The van der Waals surface area contributed by atoms with Gasteiger partial charge in [-0.1, -0.05) is 40.5 Å². The predicted octanol–water partition coefficient (Wildman–Crippen LogP) is 3.67. The van der Waals surface area contributed by atoms with Gasteiger partial charge in [0, 0.05) is 27.7 Å². The Balaban J connectivity index is 1.71. The molecule has 0 saturated heterocycles. The maximum Gasteiger partial charge on any atom is 0.251 e. The van der Waals surface area contributed by atoms with E-state index in [1.807, 2.05) is 12.1 Å². The van der Waals surface area contributed by atoms with Gasteiger partial charge in [-0.2, -0.15) is 0 Å². The number of hydrogen-bond acceptors (Lipinski definition) is 3. The molecule has 2 N–H and O–H groups in total. The standard InChI is InChI=1S/C19H21BrN2O3S/c1-26(24,25)22-17-8-2-5-14(11-17)18(23)21-13-19(9-4-10-19)15-6-3-7-16(20)12-15/h2-3,5-8,11-12,22H,4,9-10,13H2,1H3,(H,21,23). The smallest absolute Gasteiger partial charge is 0.251 e. The molecule has 2 aromatic rings. The van der Waals surface area contributed by atoms with Crippen LogP contribution in [0.5, 0.6) is 0 Å². The quantitative estimate of drug-likeness (QED) is 0.724. The van der Waals surface area contributed by atoms with E-state index in [1.165, 1.54) is 5.56 Å². The highest BCUT2D eigenvalue weighted by molar-refractivity contribution is 9.10. The summed E-state index contributed by atoms with van der Waals surface area (Å²) in [6, 6.07) is 14.7. The molecular weight excluding hydrogens is 416 g/mol. The highest BCUT2D eigenvalue weighted by Gasteiger charge is 2.39. The van der Waals surface area contributed by atoms with Gasteiger partial charge in [-0.3, -0.25) is 9.52 Å². The van der Waals surface area contributed by atoms with Gasteiger partial charge < -0.3 is 5.32 Å². The third-order valence-corrected chi connectivity index (χ3v) is 5.86. The average Bonchev–Trinajstić information content (AvgIpc) is 2.52. The van der Waals surface area contributed by atoms with E-state index in [-0.39, 0.29) is 11.3 Å². The van der Waals surface area contributed by atoms with Gasteiger partial charge in [0.25, 0.3) is 5.91 Å². The maximum absolute atomic E-state index is 12.5. The summed E-state index contributed by atoms with van der Waals surface area (Å²) >= 11 is 3.51. The van der Waals surface area contributed by atoms with E-state index >= 15 is 0 Å². The summed E-state index contributed by atoms with van der Waals surface area (Å²) in [6.07, 6.45) is 4.31. The van der Waals surface area contributed by atoms with Crippen LogP contribution >= 0.6 is 15.9 Å². The second-order valence-corrected chi connectivity index (χ2v) is 9.45. The minimum Gasteiger partial charge on any atom is -0.351 e. The van der Waals surface area contributed by atoms with Crippen LogP contribution in [0.25, 0.3) is 0 Å². The Labute approximate surface area is 162 Å². The molecule has 0 spiro atoms. The Bertz CT molecular complexity index is 924. The van der Waals surface area contributed by atoms with Crippen LogP contribution in [0, 0.1) is 0 Å². The van der Waals surface area contributed by atoms with Crippen molar-refractivity contribution in [2.24, 2.45) is 0 Å². The van der Waals surface area contributed by atoms with Crippen molar-refractivity contribution in [3.63, 3.8) is 0 Å². The fourth-order valence-electron chi connectivity index (χ4n) is 3.28. The second kappa shape index (κ2) is 7.40. The predicted molar refractivity (Wildman–Crippen MR) is 107 cm³/mol. The maximum atomic E-state index is 12.5. The SMILES string of the molecule is CS(=O)(=O)Nc1cccc(C(=O)NCC2(c3cccc(Br)c3)CCC2)c1. The first-order chi connectivity index (χ1) is 12.3. The largest absolute Gasteiger partial charge is 0.351 e. The second-order valence-electron chi connectivity index (χ2n) is 6.78. The fraction of sp³-hybridized carbons (Fsp3) is 0.316. The lowest BCUT2D eigenvalue weighted by molar-refractivity contribution is 0.0928. The summed E-state index contributed by atoms with van der Waals surface area (Å²) in [6.45, 7) is 0.562. The fourth-order valence-corrected chi connectivity index (χ4v) is 4.23. The van der Waals surface area contributed by atoms with Gasteiger partial charge in [0.15, 0.2) is 0 Å². The zero-order valence-electron chi connectivity index (χ0n) is 14.5. The van der Waals surface area contributed by atoms with Crippen LogP contribution in [0.4, 0.5) is 5.69 Å². The van der Waals surface area contributed by atoms with Crippen molar-refractivity contribution >= 4 is 37.5 Å². The molecule has 0 aliphatic heterocycles. The van der Waals surface area contributed by atoms with Gasteiger partial charge in [0.05, 0.1) is 6.26 Å².